The predicted molar refractivity (Wildman–Crippen MR) is 451 cm³/mol. The highest BCUT2D eigenvalue weighted by Gasteiger charge is 2.36. The lowest BCUT2D eigenvalue weighted by Gasteiger charge is -2.21. The number of allylic oxidation sites excluding steroid dienone is 32. The van der Waals surface area contributed by atoms with Crippen LogP contribution < -0.4 is 0 Å². The van der Waals surface area contributed by atoms with Gasteiger partial charge in [-0.3, -0.25) is 0 Å². The predicted octanol–water partition coefficient (Wildman–Crippen LogP) is 26.0. The molecule has 13 rings (SSSR count). The van der Waals surface area contributed by atoms with Crippen LogP contribution in [0.1, 0.15) is 210 Å². The van der Waals surface area contributed by atoms with Gasteiger partial charge in [0.15, 0.2) is 0 Å². The molecule has 98 heavy (non-hydrogen) atoms. The quantitative estimate of drug-likeness (QED) is 0.152. The summed E-state index contributed by atoms with van der Waals surface area (Å²) in [5.41, 5.74) is 2.27. The number of fused-ring (bicyclic) bond motifs is 3. The summed E-state index contributed by atoms with van der Waals surface area (Å²) in [6.45, 7) is 31.9. The fraction of sp³-hybridized carbons (Fsp3) is 0.435. The van der Waals surface area contributed by atoms with Crippen LogP contribution in [0, 0.1) is 23.7 Å². The maximum absolute atomic E-state index is 7.00. The molecule has 3 aromatic rings. The molecule has 554 valence electrons. The Kier molecular flexibility index (Phi) is 122. The molecule has 10 aliphatic rings. The molecule has 0 aliphatic heterocycles. The third kappa shape index (κ3) is 81.4. The van der Waals surface area contributed by atoms with Crippen LogP contribution in [0.2, 0.25) is 0 Å². The van der Waals surface area contributed by atoms with Gasteiger partial charge in [-0.2, -0.15) is 0 Å². The molecule has 0 heterocycles. The van der Waals surface area contributed by atoms with Gasteiger partial charge >= 0.3 is 0 Å². The van der Waals surface area contributed by atoms with Gasteiger partial charge in [-0.1, -0.05) is 414 Å². The number of aliphatic hydroxyl groups excluding tert-OH is 6. The highest BCUT2D eigenvalue weighted by Crippen LogP contribution is 2.48. The Morgan fingerprint density at radius 1 is 0.255 bits per heavy atom. The van der Waals surface area contributed by atoms with E-state index in [4.69, 9.17) is 30.6 Å². The molecular weight excluding hydrogens is 1200 g/mol. The lowest BCUT2D eigenvalue weighted by Crippen LogP contribution is -2.09. The van der Waals surface area contributed by atoms with Gasteiger partial charge in [0, 0.05) is 42.7 Å². The molecule has 0 amide bonds. The van der Waals surface area contributed by atoms with Crippen molar-refractivity contribution in [3.8, 4) is 0 Å². The van der Waals surface area contributed by atoms with Gasteiger partial charge in [-0.15, -0.1) is 0 Å². The van der Waals surface area contributed by atoms with Crippen molar-refractivity contribution in [2.24, 2.45) is 23.7 Å². The third-order valence-corrected chi connectivity index (χ3v) is 13.0. The molecule has 6 N–H and O–H groups in total. The summed E-state index contributed by atoms with van der Waals surface area (Å²) in [5, 5.41) is 44.6. The maximum Gasteiger partial charge on any atom is 0.0319 e. The smallest absolute Gasteiger partial charge is 0.0319 e. The summed E-state index contributed by atoms with van der Waals surface area (Å²) in [7, 11) is 6.00. The Balaban J connectivity index is -0.000000126. The Morgan fingerprint density at radius 3 is 0.480 bits per heavy atom. The second kappa shape index (κ2) is 109. The summed E-state index contributed by atoms with van der Waals surface area (Å²) in [4.78, 5) is 0. The van der Waals surface area contributed by atoms with Crippen LogP contribution in [0.5, 0.6) is 0 Å². The highest BCUT2D eigenvalue weighted by molar-refractivity contribution is 5.82. The van der Waals surface area contributed by atoms with E-state index in [2.05, 4.69) is 284 Å². The average molecular weight is 1350 g/mol. The molecule has 10 aliphatic carbocycles. The highest BCUT2D eigenvalue weighted by atomic mass is 16.2. The van der Waals surface area contributed by atoms with Crippen molar-refractivity contribution in [2.75, 3.05) is 42.7 Å². The summed E-state index contributed by atoms with van der Waals surface area (Å²) < 4.78 is 0. The molecule has 6 saturated carbocycles. The average Bonchev–Trinajstić information content (AvgIpc) is 1.71. The zero-order chi connectivity index (χ0) is 75.9. The fourth-order valence-electron chi connectivity index (χ4n) is 8.79. The topological polar surface area (TPSA) is 121 Å². The standard InChI is InChI=1S/C10H8.C10H10.4C10H12.2C6H10.2C3H8.4C2H6.6CH4O/c1-2-6-10-8-4-3-7-9(10)5-1;1-3-9-7-5-6-8-10(9)4-2;4*1-2-4-6-8-10-9-7-5-3-1;2*1-2-6-3-5(1)4-6;2*1-3-2;10*1-2/h1-8H;3-8H,1-2H2;4*1-4,7-10H,5-6H2;2*5-6H,1-4H2;2*3H2,1-2H3;4*1-2H3;6*2H,1H3/b;;4*3-1-,4-2-,9-7?,10-8?;;;;;;;;;;;;;;. The minimum absolute atomic E-state index is 1.00. The molecule has 0 saturated heterocycles. The van der Waals surface area contributed by atoms with Crippen molar-refractivity contribution in [1.82, 2.24) is 0 Å². The van der Waals surface area contributed by atoms with Crippen molar-refractivity contribution in [3.63, 3.8) is 0 Å². The van der Waals surface area contributed by atoms with E-state index in [9.17, 15) is 0 Å². The van der Waals surface area contributed by atoms with Gasteiger partial charge in [-0.25, -0.2) is 0 Å². The van der Waals surface area contributed by atoms with Gasteiger partial charge in [0.2, 0.25) is 0 Å². The number of rotatable bonds is 2. The third-order valence-electron chi connectivity index (χ3n) is 13.0. The van der Waals surface area contributed by atoms with Crippen LogP contribution in [-0.4, -0.2) is 73.3 Å². The Hall–Kier alpha value is -7.00. The van der Waals surface area contributed by atoms with Gasteiger partial charge < -0.3 is 30.6 Å². The molecule has 6 nitrogen and oxygen atoms in total. The molecule has 0 spiro atoms. The molecule has 4 bridgehead atoms. The second-order valence-corrected chi connectivity index (χ2v) is 20.1. The first-order valence-corrected chi connectivity index (χ1v) is 36.6. The van der Waals surface area contributed by atoms with Crippen LogP contribution in [0.15, 0.2) is 280 Å². The summed E-state index contributed by atoms with van der Waals surface area (Å²) in [5.74, 6) is 4.76. The first-order valence-electron chi connectivity index (χ1n) is 36.6. The minimum atomic E-state index is 1.00. The van der Waals surface area contributed by atoms with Gasteiger partial charge in [0.05, 0.1) is 0 Å². The molecule has 3 aromatic carbocycles. The minimum Gasteiger partial charge on any atom is -0.400 e. The van der Waals surface area contributed by atoms with Crippen molar-refractivity contribution in [2.45, 2.75) is 199 Å². The zero-order valence-corrected chi connectivity index (χ0v) is 65.7. The van der Waals surface area contributed by atoms with E-state index in [1.807, 2.05) is 91.8 Å². The van der Waals surface area contributed by atoms with Crippen molar-refractivity contribution in [1.29, 1.82) is 0 Å². The second-order valence-electron chi connectivity index (χ2n) is 20.1. The van der Waals surface area contributed by atoms with E-state index >= 15 is 0 Å². The van der Waals surface area contributed by atoms with Crippen molar-refractivity contribution >= 4 is 22.9 Å². The van der Waals surface area contributed by atoms with Crippen molar-refractivity contribution in [3.05, 3.63) is 292 Å². The van der Waals surface area contributed by atoms with Crippen LogP contribution in [0.25, 0.3) is 22.9 Å². The normalized spacial score (nSPS) is 19.1. The largest absolute Gasteiger partial charge is 0.400 e. The van der Waals surface area contributed by atoms with E-state index in [1.165, 1.54) is 47.3 Å². The van der Waals surface area contributed by atoms with E-state index in [-0.39, 0.29) is 0 Å². The van der Waals surface area contributed by atoms with E-state index in [1.54, 1.807) is 51.4 Å². The molecular formula is C92H150O6. The molecule has 0 atom stereocenters. The number of benzene rings is 3. The Labute approximate surface area is 606 Å². The Bertz CT molecular complexity index is 2000. The lowest BCUT2D eigenvalue weighted by molar-refractivity contribution is 0.304. The zero-order valence-electron chi connectivity index (χ0n) is 65.7. The molecule has 6 heteroatoms. The van der Waals surface area contributed by atoms with Crippen LogP contribution in [0.3, 0.4) is 0 Å². The molecule has 6 fully saturated rings. The molecule has 0 unspecified atom stereocenters. The maximum atomic E-state index is 7.00. The lowest BCUT2D eigenvalue weighted by atomic mass is 9.85. The van der Waals surface area contributed by atoms with Crippen LogP contribution >= 0.6 is 0 Å². The van der Waals surface area contributed by atoms with Gasteiger partial charge in [0.25, 0.3) is 0 Å². The fourth-order valence-corrected chi connectivity index (χ4v) is 8.79. The molecule has 0 aromatic heterocycles. The van der Waals surface area contributed by atoms with E-state index < -0.39 is 0 Å². The van der Waals surface area contributed by atoms with Gasteiger partial charge in [-0.05, 0) is 123 Å². The van der Waals surface area contributed by atoms with Crippen molar-refractivity contribution < 1.29 is 30.6 Å². The number of aliphatic hydroxyl groups is 6. The van der Waals surface area contributed by atoms with E-state index in [0.29, 0.717) is 0 Å². The van der Waals surface area contributed by atoms with E-state index in [0.717, 1.165) is 105 Å². The Morgan fingerprint density at radius 2 is 0.378 bits per heavy atom. The van der Waals surface area contributed by atoms with Crippen LogP contribution in [0.4, 0.5) is 0 Å². The monoisotopic (exact) mass is 1350 g/mol. The summed E-state index contributed by atoms with van der Waals surface area (Å²) in [6.07, 6.45) is 94.7. The van der Waals surface area contributed by atoms with Crippen LogP contribution in [-0.2, 0) is 0 Å². The summed E-state index contributed by atoms with van der Waals surface area (Å²) in [6, 6.07) is 24.7. The summed E-state index contributed by atoms with van der Waals surface area (Å²) >= 11 is 0. The first kappa shape index (κ1) is 110. The SMILES string of the molecule is C1=CC/C=C\C=C/CC=C1.C1=CC/C=C\C=C/CC=C1.C1=CC/C=C\C=C/CC=C1.C1=CC/C=C\C=C/CC=C1.C1CC2CC1C2.C1CC2CC1C2.C=Cc1ccccc1C=C.CC.CC.CC.CC.CCC.CCC.CO.CO.CO.CO.CO.CO.c1ccc2ccccc2c1. The number of hydrogen-bond acceptors (Lipinski definition) is 6. The number of hydrogen-bond donors (Lipinski definition) is 6. The molecule has 0 radical (unpaired) electrons. The first-order chi connectivity index (χ1) is 48.6. The van der Waals surface area contributed by atoms with Gasteiger partial charge in [0.1, 0.15) is 0 Å².